The fourth-order valence-corrected chi connectivity index (χ4v) is 2.82. The Morgan fingerprint density at radius 3 is 2.41 bits per heavy atom. The van der Waals surface area contributed by atoms with E-state index < -0.39 is 18.0 Å². The fourth-order valence-electron chi connectivity index (χ4n) is 2.56. The molecule has 7 nitrogen and oxygen atoms in total. The number of methoxy groups -OCH3 is 2. The van der Waals surface area contributed by atoms with E-state index in [0.29, 0.717) is 29.5 Å². The molecule has 0 spiro atoms. The standard InChI is InChI=1S/C21H24ClNO6/c1-6-28-19-15(22)10-14(11-18(19)27-5)21(25)29-13(3)20(24)23-16-9-12(2)7-8-17(16)26-4/h7-11,13H,6H2,1-5H3,(H,23,24)/t13-/m0/s1. The molecule has 0 radical (unpaired) electrons. The first kappa shape index (κ1) is 22.4. The molecule has 2 aromatic rings. The molecule has 0 aliphatic rings. The maximum absolute atomic E-state index is 12.5. The molecule has 1 N–H and O–H groups in total. The molecule has 0 aliphatic heterocycles. The van der Waals surface area contributed by atoms with E-state index in [2.05, 4.69) is 5.32 Å². The minimum atomic E-state index is -1.05. The van der Waals surface area contributed by atoms with Crippen LogP contribution in [0.4, 0.5) is 5.69 Å². The number of amides is 1. The third kappa shape index (κ3) is 5.54. The van der Waals surface area contributed by atoms with Crippen LogP contribution in [0.3, 0.4) is 0 Å². The van der Waals surface area contributed by atoms with Crippen molar-refractivity contribution >= 4 is 29.2 Å². The number of esters is 1. The van der Waals surface area contributed by atoms with E-state index in [-0.39, 0.29) is 10.6 Å². The summed E-state index contributed by atoms with van der Waals surface area (Å²) in [4.78, 5) is 25.0. The number of halogens is 1. The van der Waals surface area contributed by atoms with Crippen molar-refractivity contribution in [3.8, 4) is 17.2 Å². The fraction of sp³-hybridized carbons (Fsp3) is 0.333. The van der Waals surface area contributed by atoms with Gasteiger partial charge in [-0.1, -0.05) is 17.7 Å². The van der Waals surface area contributed by atoms with Crippen LogP contribution in [0.25, 0.3) is 0 Å². The number of hydrogen-bond donors (Lipinski definition) is 1. The van der Waals surface area contributed by atoms with E-state index in [0.717, 1.165) is 5.56 Å². The van der Waals surface area contributed by atoms with Gasteiger partial charge in [0.2, 0.25) is 0 Å². The van der Waals surface area contributed by atoms with E-state index in [1.165, 1.54) is 33.3 Å². The maximum atomic E-state index is 12.5. The highest BCUT2D eigenvalue weighted by Gasteiger charge is 2.22. The molecule has 0 saturated heterocycles. The first-order valence-electron chi connectivity index (χ1n) is 8.97. The van der Waals surface area contributed by atoms with Crippen molar-refractivity contribution in [2.75, 3.05) is 26.1 Å². The lowest BCUT2D eigenvalue weighted by Crippen LogP contribution is -2.30. The largest absolute Gasteiger partial charge is 0.495 e. The summed E-state index contributed by atoms with van der Waals surface area (Å²) in [6, 6.07) is 8.23. The molecule has 2 rings (SSSR count). The molecule has 156 valence electrons. The van der Waals surface area contributed by atoms with Gasteiger partial charge in [0.25, 0.3) is 5.91 Å². The van der Waals surface area contributed by atoms with Crippen LogP contribution in [0, 0.1) is 6.92 Å². The van der Waals surface area contributed by atoms with Crippen molar-refractivity contribution in [1.29, 1.82) is 0 Å². The van der Waals surface area contributed by atoms with Crippen molar-refractivity contribution in [2.45, 2.75) is 26.9 Å². The Labute approximate surface area is 174 Å². The average molecular weight is 422 g/mol. The predicted octanol–water partition coefficient (Wildman–Crippen LogP) is 4.25. The molecule has 0 aliphatic carbocycles. The molecule has 0 saturated carbocycles. The molecule has 8 heteroatoms. The van der Waals surface area contributed by atoms with Crippen LogP contribution >= 0.6 is 11.6 Å². The van der Waals surface area contributed by atoms with Crippen LogP contribution < -0.4 is 19.5 Å². The number of hydrogen-bond acceptors (Lipinski definition) is 6. The Kier molecular flexibility index (Phi) is 7.73. The zero-order chi connectivity index (χ0) is 21.6. The van der Waals surface area contributed by atoms with Gasteiger partial charge in [-0.25, -0.2) is 4.79 Å². The molecule has 2 aromatic carbocycles. The summed E-state index contributed by atoms with van der Waals surface area (Å²) in [5, 5.41) is 2.91. The third-order valence-electron chi connectivity index (χ3n) is 4.02. The van der Waals surface area contributed by atoms with Crippen LogP contribution in [-0.4, -0.2) is 38.8 Å². The summed E-state index contributed by atoms with van der Waals surface area (Å²) in [6.45, 7) is 5.56. The lowest BCUT2D eigenvalue weighted by atomic mass is 10.2. The number of carbonyl (C=O) groups excluding carboxylic acids is 2. The summed E-state index contributed by atoms with van der Waals surface area (Å²) >= 11 is 6.18. The second-order valence-corrected chi connectivity index (χ2v) is 6.57. The van der Waals surface area contributed by atoms with Gasteiger partial charge in [0.1, 0.15) is 5.75 Å². The normalized spacial score (nSPS) is 11.4. The highest BCUT2D eigenvalue weighted by atomic mass is 35.5. The maximum Gasteiger partial charge on any atom is 0.339 e. The summed E-state index contributed by atoms with van der Waals surface area (Å²) < 4.78 is 21.2. The number of anilines is 1. The van der Waals surface area contributed by atoms with Crippen molar-refractivity contribution in [1.82, 2.24) is 0 Å². The number of aryl methyl sites for hydroxylation is 1. The van der Waals surface area contributed by atoms with Crippen LogP contribution in [0.5, 0.6) is 17.2 Å². The molecule has 29 heavy (non-hydrogen) atoms. The summed E-state index contributed by atoms with van der Waals surface area (Å²) in [7, 11) is 2.95. The van der Waals surface area contributed by atoms with Crippen molar-refractivity contribution in [3.63, 3.8) is 0 Å². The highest BCUT2D eigenvalue weighted by molar-refractivity contribution is 6.32. The minimum absolute atomic E-state index is 0.142. The monoisotopic (exact) mass is 421 g/mol. The third-order valence-corrected chi connectivity index (χ3v) is 4.30. The second kappa shape index (κ2) is 10.0. The van der Waals surface area contributed by atoms with Crippen LogP contribution in [-0.2, 0) is 9.53 Å². The van der Waals surface area contributed by atoms with Crippen LogP contribution in [0.2, 0.25) is 5.02 Å². The first-order valence-corrected chi connectivity index (χ1v) is 9.35. The molecule has 0 unspecified atom stereocenters. The Morgan fingerprint density at radius 1 is 1.10 bits per heavy atom. The Hall–Kier alpha value is -2.93. The van der Waals surface area contributed by atoms with Gasteiger partial charge in [-0.2, -0.15) is 0 Å². The van der Waals surface area contributed by atoms with Gasteiger partial charge in [0.05, 0.1) is 37.1 Å². The Balaban J connectivity index is 2.13. The second-order valence-electron chi connectivity index (χ2n) is 6.16. The zero-order valence-electron chi connectivity index (χ0n) is 17.0. The topological polar surface area (TPSA) is 83.1 Å². The molecule has 1 atom stereocenters. The minimum Gasteiger partial charge on any atom is -0.495 e. The van der Waals surface area contributed by atoms with Gasteiger partial charge >= 0.3 is 5.97 Å². The van der Waals surface area contributed by atoms with Gasteiger partial charge in [0, 0.05) is 0 Å². The Bertz CT molecular complexity index is 899. The molecular weight excluding hydrogens is 398 g/mol. The first-order chi connectivity index (χ1) is 13.8. The predicted molar refractivity (Wildman–Crippen MR) is 110 cm³/mol. The number of rotatable bonds is 8. The van der Waals surface area contributed by atoms with E-state index >= 15 is 0 Å². The van der Waals surface area contributed by atoms with E-state index in [1.54, 1.807) is 12.1 Å². The number of carbonyl (C=O) groups is 2. The van der Waals surface area contributed by atoms with E-state index in [9.17, 15) is 9.59 Å². The smallest absolute Gasteiger partial charge is 0.339 e. The van der Waals surface area contributed by atoms with Gasteiger partial charge in [-0.3, -0.25) is 4.79 Å². The SMILES string of the molecule is CCOc1c(Cl)cc(C(=O)O[C@@H](C)C(=O)Nc2cc(C)ccc2OC)cc1OC. The average Bonchev–Trinajstić information content (AvgIpc) is 2.69. The van der Waals surface area contributed by atoms with Gasteiger partial charge in [0.15, 0.2) is 17.6 Å². The quantitative estimate of drug-likeness (QED) is 0.641. The molecule has 0 fully saturated rings. The molecule has 0 heterocycles. The number of ether oxygens (including phenoxy) is 4. The summed E-state index contributed by atoms with van der Waals surface area (Å²) in [5.41, 5.74) is 1.58. The summed E-state index contributed by atoms with van der Waals surface area (Å²) in [6.07, 6.45) is -1.05. The number of benzene rings is 2. The lowest BCUT2D eigenvalue weighted by molar-refractivity contribution is -0.123. The molecular formula is C21H24ClNO6. The van der Waals surface area contributed by atoms with Crippen molar-refractivity contribution in [2.24, 2.45) is 0 Å². The molecule has 1 amide bonds. The highest BCUT2D eigenvalue weighted by Crippen LogP contribution is 2.36. The van der Waals surface area contributed by atoms with E-state index in [1.807, 2.05) is 19.9 Å². The summed E-state index contributed by atoms with van der Waals surface area (Å²) in [5.74, 6) is -0.0673. The van der Waals surface area contributed by atoms with Gasteiger partial charge in [-0.15, -0.1) is 0 Å². The van der Waals surface area contributed by atoms with Gasteiger partial charge in [-0.05, 0) is 50.6 Å². The van der Waals surface area contributed by atoms with Crippen molar-refractivity contribution in [3.05, 3.63) is 46.5 Å². The van der Waals surface area contributed by atoms with E-state index in [4.69, 9.17) is 30.5 Å². The molecule has 0 aromatic heterocycles. The zero-order valence-corrected chi connectivity index (χ0v) is 17.8. The number of nitrogens with one attached hydrogen (secondary N) is 1. The Morgan fingerprint density at radius 2 is 1.79 bits per heavy atom. The van der Waals surface area contributed by atoms with Crippen LogP contribution in [0.15, 0.2) is 30.3 Å². The van der Waals surface area contributed by atoms with Gasteiger partial charge < -0.3 is 24.3 Å². The van der Waals surface area contributed by atoms with Crippen LogP contribution in [0.1, 0.15) is 29.8 Å². The lowest BCUT2D eigenvalue weighted by Gasteiger charge is -2.17. The molecule has 0 bridgehead atoms. The van der Waals surface area contributed by atoms with Crippen molar-refractivity contribution < 1.29 is 28.5 Å².